The molecule has 0 aliphatic rings. The molecule has 7 nitrogen and oxygen atoms in total. The summed E-state index contributed by atoms with van der Waals surface area (Å²) in [6, 6.07) is 5.68. The Morgan fingerprint density at radius 3 is 2.92 bits per heavy atom. The normalized spacial score (nSPS) is 11.1. The molecule has 126 valence electrons. The maximum Gasteiger partial charge on any atom is 0.168 e. The quantitative estimate of drug-likeness (QED) is 0.565. The molecule has 0 aliphatic heterocycles. The molecule has 8 heteroatoms. The van der Waals surface area contributed by atoms with E-state index < -0.39 is 0 Å². The number of nitrogens with one attached hydrogen (secondary N) is 2. The molecule has 0 aliphatic carbocycles. The van der Waals surface area contributed by atoms with Crippen molar-refractivity contribution in [2.45, 2.75) is 6.92 Å². The average Bonchev–Trinajstić information content (AvgIpc) is 3.01. The van der Waals surface area contributed by atoms with Crippen LogP contribution in [0.5, 0.6) is 0 Å². The van der Waals surface area contributed by atoms with Crippen molar-refractivity contribution in [1.29, 1.82) is 0 Å². The van der Waals surface area contributed by atoms with Gasteiger partial charge in [0.1, 0.15) is 12.1 Å². The molecule has 3 N–H and O–H groups in total. The van der Waals surface area contributed by atoms with Crippen LogP contribution in [-0.4, -0.2) is 51.1 Å². The van der Waals surface area contributed by atoms with Gasteiger partial charge in [-0.1, -0.05) is 17.7 Å². The molecule has 0 radical (unpaired) electrons. The molecule has 0 bridgehead atoms. The van der Waals surface area contributed by atoms with Crippen LogP contribution in [0.25, 0.3) is 16.7 Å². The second-order valence-electron chi connectivity index (χ2n) is 5.35. The Morgan fingerprint density at radius 2 is 2.08 bits per heavy atom. The summed E-state index contributed by atoms with van der Waals surface area (Å²) in [5.41, 5.74) is 2.68. The van der Waals surface area contributed by atoms with E-state index >= 15 is 0 Å². The molecule has 24 heavy (non-hydrogen) atoms. The second-order valence-corrected chi connectivity index (χ2v) is 5.78. The molecular weight excluding hydrogens is 328 g/mol. The molecular formula is C16H19ClN6O. The number of aliphatic hydroxyl groups excluding tert-OH is 1. The first-order chi connectivity index (χ1) is 11.7. The lowest BCUT2D eigenvalue weighted by molar-refractivity contribution is 0.293. The Balaban J connectivity index is 1.88. The molecule has 0 atom stereocenters. The first kappa shape index (κ1) is 16.6. The van der Waals surface area contributed by atoms with Crippen molar-refractivity contribution < 1.29 is 5.11 Å². The topological polar surface area (TPSA) is 87.9 Å². The SMILES string of the molecule is Cc1ccc(Cl)cc1-n1ncc2c(NCCNCCO)ncnc21. The molecule has 0 fully saturated rings. The highest BCUT2D eigenvalue weighted by molar-refractivity contribution is 6.30. The molecule has 0 amide bonds. The number of aryl methyl sites for hydroxylation is 1. The summed E-state index contributed by atoms with van der Waals surface area (Å²) in [6.45, 7) is 4.13. The van der Waals surface area contributed by atoms with Gasteiger partial charge >= 0.3 is 0 Å². The zero-order chi connectivity index (χ0) is 16.9. The molecule has 2 heterocycles. The van der Waals surface area contributed by atoms with Crippen molar-refractivity contribution in [1.82, 2.24) is 25.1 Å². The minimum atomic E-state index is 0.128. The summed E-state index contributed by atoms with van der Waals surface area (Å²) >= 11 is 6.12. The van der Waals surface area contributed by atoms with Gasteiger partial charge in [-0.05, 0) is 24.6 Å². The van der Waals surface area contributed by atoms with E-state index in [1.165, 1.54) is 6.33 Å². The van der Waals surface area contributed by atoms with Gasteiger partial charge in [0, 0.05) is 24.7 Å². The number of aliphatic hydroxyl groups is 1. The van der Waals surface area contributed by atoms with Crippen molar-refractivity contribution in [2.24, 2.45) is 0 Å². The fraction of sp³-hybridized carbons (Fsp3) is 0.312. The third-order valence-electron chi connectivity index (χ3n) is 3.65. The van der Waals surface area contributed by atoms with Crippen LogP contribution in [0.1, 0.15) is 5.56 Å². The third-order valence-corrected chi connectivity index (χ3v) is 3.88. The Hall–Kier alpha value is -2.22. The Bertz CT molecular complexity index is 835. The van der Waals surface area contributed by atoms with Gasteiger partial charge in [0.25, 0.3) is 0 Å². The monoisotopic (exact) mass is 346 g/mol. The van der Waals surface area contributed by atoms with Gasteiger partial charge in [-0.15, -0.1) is 0 Å². The summed E-state index contributed by atoms with van der Waals surface area (Å²) < 4.78 is 1.77. The minimum Gasteiger partial charge on any atom is -0.395 e. The van der Waals surface area contributed by atoms with Gasteiger partial charge < -0.3 is 15.7 Å². The second kappa shape index (κ2) is 7.57. The lowest BCUT2D eigenvalue weighted by atomic mass is 10.2. The minimum absolute atomic E-state index is 0.128. The van der Waals surface area contributed by atoms with E-state index in [1.807, 2.05) is 25.1 Å². The first-order valence-electron chi connectivity index (χ1n) is 7.71. The van der Waals surface area contributed by atoms with E-state index in [1.54, 1.807) is 10.9 Å². The van der Waals surface area contributed by atoms with Gasteiger partial charge in [0.2, 0.25) is 0 Å². The van der Waals surface area contributed by atoms with Crippen molar-refractivity contribution in [3.05, 3.63) is 41.3 Å². The zero-order valence-electron chi connectivity index (χ0n) is 13.3. The van der Waals surface area contributed by atoms with Crippen LogP contribution in [0.15, 0.2) is 30.7 Å². The van der Waals surface area contributed by atoms with E-state index in [-0.39, 0.29) is 6.61 Å². The number of hydrogen-bond acceptors (Lipinski definition) is 6. The zero-order valence-corrected chi connectivity index (χ0v) is 14.1. The summed E-state index contributed by atoms with van der Waals surface area (Å²) in [5.74, 6) is 0.733. The number of hydrogen-bond donors (Lipinski definition) is 3. The first-order valence-corrected chi connectivity index (χ1v) is 8.09. The number of halogens is 1. The lowest BCUT2D eigenvalue weighted by Crippen LogP contribution is -2.25. The number of fused-ring (bicyclic) bond motifs is 1. The number of nitrogens with zero attached hydrogens (tertiary/aromatic N) is 4. The average molecular weight is 347 g/mol. The van der Waals surface area contributed by atoms with Crippen LogP contribution in [0.2, 0.25) is 5.02 Å². The van der Waals surface area contributed by atoms with Gasteiger partial charge in [0.15, 0.2) is 5.65 Å². The molecule has 1 aromatic carbocycles. The molecule has 0 saturated heterocycles. The van der Waals surface area contributed by atoms with Gasteiger partial charge in [-0.25, -0.2) is 14.6 Å². The van der Waals surface area contributed by atoms with Crippen molar-refractivity contribution >= 4 is 28.5 Å². The molecule has 0 unspecified atom stereocenters. The molecule has 3 rings (SSSR count). The van der Waals surface area contributed by atoms with Crippen LogP contribution >= 0.6 is 11.6 Å². The Labute approximate surface area is 144 Å². The van der Waals surface area contributed by atoms with E-state index in [2.05, 4.69) is 25.7 Å². The van der Waals surface area contributed by atoms with Crippen molar-refractivity contribution in [3.8, 4) is 5.69 Å². The van der Waals surface area contributed by atoms with Crippen molar-refractivity contribution in [3.63, 3.8) is 0 Å². The summed E-state index contributed by atoms with van der Waals surface area (Å²) in [6.07, 6.45) is 3.27. The fourth-order valence-corrected chi connectivity index (χ4v) is 2.61. The van der Waals surface area contributed by atoms with Gasteiger partial charge in [-0.3, -0.25) is 0 Å². The van der Waals surface area contributed by atoms with Crippen LogP contribution in [0.4, 0.5) is 5.82 Å². The maximum atomic E-state index is 8.75. The lowest BCUT2D eigenvalue weighted by Gasteiger charge is -2.09. The van der Waals surface area contributed by atoms with Crippen LogP contribution in [0, 0.1) is 6.92 Å². The third kappa shape index (κ3) is 3.48. The van der Waals surface area contributed by atoms with Crippen molar-refractivity contribution in [2.75, 3.05) is 31.6 Å². The standard InChI is InChI=1S/C16H19ClN6O/c1-11-2-3-12(17)8-14(11)23-16-13(9-22-23)15(20-10-21-16)19-5-4-18-6-7-24/h2-3,8-10,18,24H,4-7H2,1H3,(H,19,20,21). The van der Waals surface area contributed by atoms with E-state index in [0.717, 1.165) is 34.6 Å². The van der Waals surface area contributed by atoms with E-state index in [9.17, 15) is 0 Å². The molecule has 0 spiro atoms. The number of aromatic nitrogens is 4. The van der Waals surface area contributed by atoms with Crippen LogP contribution in [0.3, 0.4) is 0 Å². The Morgan fingerprint density at radius 1 is 1.21 bits per heavy atom. The fourth-order valence-electron chi connectivity index (χ4n) is 2.45. The highest BCUT2D eigenvalue weighted by atomic mass is 35.5. The van der Waals surface area contributed by atoms with Gasteiger partial charge in [0.05, 0.1) is 23.9 Å². The summed E-state index contributed by atoms with van der Waals surface area (Å²) in [5, 5.41) is 21.1. The van der Waals surface area contributed by atoms with E-state index in [4.69, 9.17) is 16.7 Å². The van der Waals surface area contributed by atoms with Crippen LogP contribution in [-0.2, 0) is 0 Å². The molecule has 0 saturated carbocycles. The highest BCUT2D eigenvalue weighted by Crippen LogP contribution is 2.25. The number of benzene rings is 1. The molecule has 2 aromatic heterocycles. The molecule has 3 aromatic rings. The Kier molecular flexibility index (Phi) is 5.24. The smallest absolute Gasteiger partial charge is 0.168 e. The van der Waals surface area contributed by atoms with Crippen LogP contribution < -0.4 is 10.6 Å². The van der Waals surface area contributed by atoms with E-state index in [0.29, 0.717) is 18.1 Å². The number of rotatable bonds is 7. The predicted molar refractivity (Wildman–Crippen MR) is 94.9 cm³/mol. The highest BCUT2D eigenvalue weighted by Gasteiger charge is 2.12. The largest absolute Gasteiger partial charge is 0.395 e. The predicted octanol–water partition coefficient (Wildman–Crippen LogP) is 1.77. The van der Waals surface area contributed by atoms with Gasteiger partial charge in [-0.2, -0.15) is 5.10 Å². The maximum absolute atomic E-state index is 8.75. The summed E-state index contributed by atoms with van der Waals surface area (Å²) in [7, 11) is 0. The summed E-state index contributed by atoms with van der Waals surface area (Å²) in [4.78, 5) is 8.66. The number of anilines is 1.